The van der Waals surface area contributed by atoms with Gasteiger partial charge in [-0.2, -0.15) is 0 Å². The Kier molecular flexibility index (Phi) is 3.98. The van der Waals surface area contributed by atoms with Gasteiger partial charge in [-0.25, -0.2) is 14.8 Å². The summed E-state index contributed by atoms with van der Waals surface area (Å²) in [6, 6.07) is 0. The molecule has 10 heteroatoms. The lowest BCUT2D eigenvalue weighted by molar-refractivity contribution is -0.0392. The van der Waals surface area contributed by atoms with Crippen LogP contribution in [0.1, 0.15) is 23.3 Å². The van der Waals surface area contributed by atoms with Gasteiger partial charge in [-0.3, -0.25) is 18.7 Å². The van der Waals surface area contributed by atoms with Crippen molar-refractivity contribution < 1.29 is 4.74 Å². The molecule has 28 heavy (non-hydrogen) atoms. The van der Waals surface area contributed by atoms with E-state index in [0.717, 1.165) is 16.5 Å². The summed E-state index contributed by atoms with van der Waals surface area (Å²) in [6.45, 7) is 6.33. The SMILES string of the molecule is CCn1c(=O)[nH]c(=O)c2c1nc(Cc1cn3cc(C)sc3n1)n2CC1COC1. The number of ether oxygens (including phenoxy) is 1. The number of hydrogen-bond acceptors (Lipinski definition) is 6. The second-order valence-corrected chi connectivity index (χ2v) is 8.37. The minimum absolute atomic E-state index is 0.339. The van der Waals surface area contributed by atoms with Crippen LogP contribution < -0.4 is 11.2 Å². The van der Waals surface area contributed by atoms with Crippen LogP contribution in [0.3, 0.4) is 0 Å². The smallest absolute Gasteiger partial charge is 0.330 e. The van der Waals surface area contributed by atoms with Gasteiger partial charge in [0.1, 0.15) is 5.82 Å². The number of rotatable bonds is 5. The molecule has 1 aliphatic rings. The van der Waals surface area contributed by atoms with Crippen molar-refractivity contribution in [3.63, 3.8) is 0 Å². The van der Waals surface area contributed by atoms with Crippen LogP contribution in [0.5, 0.6) is 0 Å². The highest BCUT2D eigenvalue weighted by Gasteiger charge is 2.25. The average molecular weight is 400 g/mol. The standard InChI is InChI=1S/C18H20N6O3S/c1-3-23-15-14(16(25)21-17(23)26)24(6-11-8-27-9-11)13(20-15)4-12-7-22-5-10(2)28-18(22)19-12/h5,7,11H,3-4,6,8-9H2,1-2H3,(H,21,25,26). The van der Waals surface area contributed by atoms with Crippen molar-refractivity contribution in [3.8, 4) is 0 Å². The number of fused-ring (bicyclic) bond motifs is 2. The normalized spacial score (nSPS) is 14.9. The van der Waals surface area contributed by atoms with Crippen LogP contribution in [-0.2, 0) is 24.2 Å². The number of aryl methyl sites for hydroxylation is 2. The van der Waals surface area contributed by atoms with Crippen LogP contribution in [0.25, 0.3) is 16.1 Å². The van der Waals surface area contributed by atoms with Crippen LogP contribution >= 0.6 is 11.3 Å². The van der Waals surface area contributed by atoms with Crippen LogP contribution in [0.4, 0.5) is 0 Å². The molecular formula is C18H20N6O3S. The molecule has 5 heterocycles. The first kappa shape index (κ1) is 17.4. The number of nitrogens with one attached hydrogen (secondary N) is 1. The number of nitrogens with zero attached hydrogens (tertiary/aromatic N) is 5. The van der Waals surface area contributed by atoms with Crippen LogP contribution in [0.15, 0.2) is 22.0 Å². The summed E-state index contributed by atoms with van der Waals surface area (Å²) in [5.74, 6) is 1.08. The van der Waals surface area contributed by atoms with Crippen molar-refractivity contribution in [2.75, 3.05) is 13.2 Å². The van der Waals surface area contributed by atoms with E-state index in [0.29, 0.717) is 49.8 Å². The highest BCUT2D eigenvalue weighted by atomic mass is 32.1. The van der Waals surface area contributed by atoms with Gasteiger partial charge in [0.15, 0.2) is 16.1 Å². The van der Waals surface area contributed by atoms with E-state index in [4.69, 9.17) is 9.72 Å². The zero-order valence-corrected chi connectivity index (χ0v) is 16.5. The van der Waals surface area contributed by atoms with Gasteiger partial charge in [0.25, 0.3) is 5.56 Å². The zero-order chi connectivity index (χ0) is 19.4. The maximum atomic E-state index is 12.6. The molecule has 4 aromatic heterocycles. The molecule has 0 aliphatic carbocycles. The Morgan fingerprint density at radius 1 is 1.25 bits per heavy atom. The fraction of sp³-hybridized carbons (Fsp3) is 0.444. The molecule has 146 valence electrons. The molecule has 1 N–H and O–H groups in total. The molecule has 1 aliphatic heterocycles. The molecule has 0 amide bonds. The van der Waals surface area contributed by atoms with Gasteiger partial charge in [-0.1, -0.05) is 0 Å². The van der Waals surface area contributed by atoms with Gasteiger partial charge in [-0.15, -0.1) is 11.3 Å². The van der Waals surface area contributed by atoms with Crippen LogP contribution in [-0.4, -0.2) is 41.7 Å². The van der Waals surface area contributed by atoms with Gasteiger partial charge < -0.3 is 9.30 Å². The van der Waals surface area contributed by atoms with E-state index in [9.17, 15) is 9.59 Å². The molecule has 5 rings (SSSR count). The van der Waals surface area contributed by atoms with Crippen molar-refractivity contribution in [2.24, 2.45) is 5.92 Å². The third-order valence-electron chi connectivity index (χ3n) is 5.09. The van der Waals surface area contributed by atoms with E-state index < -0.39 is 11.2 Å². The Bertz CT molecular complexity index is 1270. The van der Waals surface area contributed by atoms with Gasteiger partial charge in [0.05, 0.1) is 18.9 Å². The maximum Gasteiger partial charge on any atom is 0.330 e. The summed E-state index contributed by atoms with van der Waals surface area (Å²) < 4.78 is 10.7. The first-order valence-electron chi connectivity index (χ1n) is 9.27. The molecular weight excluding hydrogens is 380 g/mol. The van der Waals surface area contributed by atoms with Crippen molar-refractivity contribution >= 4 is 27.5 Å². The molecule has 9 nitrogen and oxygen atoms in total. The molecule has 0 bridgehead atoms. The Hall–Kier alpha value is -2.72. The summed E-state index contributed by atoms with van der Waals surface area (Å²) in [7, 11) is 0. The van der Waals surface area contributed by atoms with Gasteiger partial charge in [0, 0.05) is 42.7 Å². The largest absolute Gasteiger partial charge is 0.381 e. The second-order valence-electron chi connectivity index (χ2n) is 7.16. The minimum Gasteiger partial charge on any atom is -0.381 e. The van der Waals surface area contributed by atoms with Gasteiger partial charge >= 0.3 is 5.69 Å². The Morgan fingerprint density at radius 2 is 2.07 bits per heavy atom. The van der Waals surface area contributed by atoms with Crippen molar-refractivity contribution in [2.45, 2.75) is 33.4 Å². The number of H-pyrrole nitrogens is 1. The quantitative estimate of drug-likeness (QED) is 0.542. The molecule has 0 spiro atoms. The summed E-state index contributed by atoms with van der Waals surface area (Å²) in [6.07, 6.45) is 4.53. The molecule has 1 fully saturated rings. The predicted octanol–water partition coefficient (Wildman–Crippen LogP) is 1.16. The summed E-state index contributed by atoms with van der Waals surface area (Å²) in [5, 5.41) is 0. The van der Waals surface area contributed by atoms with E-state index in [1.54, 1.807) is 11.3 Å². The fourth-order valence-electron chi connectivity index (χ4n) is 3.70. The van der Waals surface area contributed by atoms with Crippen molar-refractivity contribution in [3.05, 3.63) is 49.6 Å². The van der Waals surface area contributed by atoms with Crippen LogP contribution in [0, 0.1) is 12.8 Å². The Labute approximate surface area is 163 Å². The van der Waals surface area contributed by atoms with E-state index in [1.807, 2.05) is 28.3 Å². The lowest BCUT2D eigenvalue weighted by Gasteiger charge is -2.27. The third kappa shape index (κ3) is 2.71. The second kappa shape index (κ2) is 6.42. The maximum absolute atomic E-state index is 12.6. The lowest BCUT2D eigenvalue weighted by Crippen LogP contribution is -2.34. The highest BCUT2D eigenvalue weighted by molar-refractivity contribution is 7.16. The van der Waals surface area contributed by atoms with E-state index >= 15 is 0 Å². The Balaban J connectivity index is 1.65. The molecule has 0 aromatic carbocycles. The first-order valence-corrected chi connectivity index (χ1v) is 10.1. The monoisotopic (exact) mass is 400 g/mol. The van der Waals surface area contributed by atoms with Crippen molar-refractivity contribution in [1.82, 2.24) is 28.5 Å². The molecule has 4 aromatic rings. The molecule has 0 radical (unpaired) electrons. The first-order chi connectivity index (χ1) is 13.5. The average Bonchev–Trinajstić information content (AvgIpc) is 3.22. The third-order valence-corrected chi connectivity index (χ3v) is 6.00. The predicted molar refractivity (Wildman–Crippen MR) is 105 cm³/mol. The van der Waals surface area contributed by atoms with Gasteiger partial charge in [0.2, 0.25) is 0 Å². The number of aromatic amines is 1. The molecule has 0 unspecified atom stereocenters. The van der Waals surface area contributed by atoms with Gasteiger partial charge in [-0.05, 0) is 13.8 Å². The van der Waals surface area contributed by atoms with Crippen LogP contribution in [0.2, 0.25) is 0 Å². The number of hydrogen-bond donors (Lipinski definition) is 1. The molecule has 0 saturated carbocycles. The molecule has 0 atom stereocenters. The summed E-state index contributed by atoms with van der Waals surface area (Å²) in [5.41, 5.74) is 0.935. The number of thiazole rings is 1. The highest BCUT2D eigenvalue weighted by Crippen LogP contribution is 2.22. The van der Waals surface area contributed by atoms with E-state index in [2.05, 4.69) is 16.9 Å². The topological polar surface area (TPSA) is 99.2 Å². The summed E-state index contributed by atoms with van der Waals surface area (Å²) in [4.78, 5) is 38.7. The Morgan fingerprint density at radius 3 is 2.75 bits per heavy atom. The van der Waals surface area contributed by atoms with E-state index in [-0.39, 0.29) is 0 Å². The van der Waals surface area contributed by atoms with Crippen molar-refractivity contribution in [1.29, 1.82) is 0 Å². The van der Waals surface area contributed by atoms with E-state index in [1.165, 1.54) is 9.44 Å². The minimum atomic E-state index is -0.429. The molecule has 1 saturated heterocycles. The number of imidazole rings is 2. The summed E-state index contributed by atoms with van der Waals surface area (Å²) >= 11 is 1.63. The fourth-order valence-corrected chi connectivity index (χ4v) is 4.53. The zero-order valence-electron chi connectivity index (χ0n) is 15.6. The number of aromatic nitrogens is 6. The lowest BCUT2D eigenvalue weighted by atomic mass is 10.1.